The fraction of sp³-hybridized carbons (Fsp3) is 0.391. The second kappa shape index (κ2) is 12.9. The molecule has 31 heavy (non-hydrogen) atoms. The van der Waals surface area contributed by atoms with Crippen LogP contribution in [-0.2, 0) is 16.1 Å². The Bertz CT molecular complexity index is 895. The zero-order chi connectivity index (χ0) is 22.8. The lowest BCUT2D eigenvalue weighted by Gasteiger charge is -2.31. The molecule has 0 bridgehead atoms. The van der Waals surface area contributed by atoms with Gasteiger partial charge in [-0.2, -0.15) is 0 Å². The molecular formula is C23H27BrCl2N2O3. The van der Waals surface area contributed by atoms with Gasteiger partial charge in [0, 0.05) is 22.6 Å². The van der Waals surface area contributed by atoms with Crippen LogP contribution < -0.4 is 10.1 Å². The first-order valence-corrected chi connectivity index (χ1v) is 11.8. The molecule has 2 aromatic rings. The van der Waals surface area contributed by atoms with Crippen molar-refractivity contribution in [3.05, 3.63) is 62.5 Å². The van der Waals surface area contributed by atoms with E-state index >= 15 is 0 Å². The molecule has 0 saturated heterocycles. The van der Waals surface area contributed by atoms with E-state index in [2.05, 4.69) is 28.2 Å². The highest BCUT2D eigenvalue weighted by Gasteiger charge is 2.29. The normalized spacial score (nSPS) is 11.6. The van der Waals surface area contributed by atoms with Gasteiger partial charge >= 0.3 is 0 Å². The van der Waals surface area contributed by atoms with Crippen molar-refractivity contribution in [1.82, 2.24) is 10.2 Å². The number of nitrogens with one attached hydrogen (secondary N) is 1. The zero-order valence-corrected chi connectivity index (χ0v) is 20.8. The van der Waals surface area contributed by atoms with Crippen molar-refractivity contribution in [2.24, 2.45) is 0 Å². The Morgan fingerprint density at radius 1 is 1.13 bits per heavy atom. The maximum absolute atomic E-state index is 13.2. The third kappa shape index (κ3) is 7.70. The van der Waals surface area contributed by atoms with Gasteiger partial charge in [0.25, 0.3) is 5.91 Å². The third-order valence-corrected chi connectivity index (χ3v) is 5.92. The van der Waals surface area contributed by atoms with Crippen LogP contribution in [-0.4, -0.2) is 35.9 Å². The number of ether oxygens (including phenoxy) is 1. The van der Waals surface area contributed by atoms with Crippen LogP contribution in [0.15, 0.2) is 46.9 Å². The molecule has 2 rings (SSSR count). The van der Waals surface area contributed by atoms with Crippen LogP contribution in [0.4, 0.5) is 0 Å². The predicted octanol–water partition coefficient (Wildman–Crippen LogP) is 5.86. The van der Waals surface area contributed by atoms with Crippen LogP contribution in [0, 0.1) is 0 Å². The fourth-order valence-electron chi connectivity index (χ4n) is 3.05. The maximum atomic E-state index is 13.2. The van der Waals surface area contributed by atoms with Gasteiger partial charge < -0.3 is 15.0 Å². The highest BCUT2D eigenvalue weighted by Crippen LogP contribution is 2.28. The summed E-state index contributed by atoms with van der Waals surface area (Å²) in [7, 11) is 0. The van der Waals surface area contributed by atoms with E-state index in [1.807, 2.05) is 25.1 Å². The molecule has 0 aliphatic rings. The molecule has 8 heteroatoms. The van der Waals surface area contributed by atoms with E-state index in [0.29, 0.717) is 28.8 Å². The standard InChI is InChI=1S/C23H27BrCl2N2O3/c1-3-5-12-27-23(30)20(4-2)28(14-16-8-6-7-9-18(16)25)22(29)15-31-21-11-10-17(24)13-19(21)26/h6-11,13,20H,3-5,12,14-15H2,1-2H3,(H,27,30)/t20-/m0/s1. The van der Waals surface area contributed by atoms with Crippen molar-refractivity contribution >= 4 is 50.9 Å². The summed E-state index contributed by atoms with van der Waals surface area (Å²) in [5.74, 6) is -0.106. The molecule has 0 unspecified atom stereocenters. The third-order valence-electron chi connectivity index (χ3n) is 4.76. The van der Waals surface area contributed by atoms with E-state index in [1.54, 1.807) is 24.3 Å². The quantitative estimate of drug-likeness (QED) is 0.371. The molecule has 0 aliphatic carbocycles. The summed E-state index contributed by atoms with van der Waals surface area (Å²) >= 11 is 15.9. The maximum Gasteiger partial charge on any atom is 0.261 e. The van der Waals surface area contributed by atoms with Crippen molar-refractivity contribution in [3.8, 4) is 5.75 Å². The summed E-state index contributed by atoms with van der Waals surface area (Å²) in [5, 5.41) is 3.86. The first kappa shape index (κ1) is 25.5. The minimum atomic E-state index is -0.635. The number of carbonyl (C=O) groups is 2. The van der Waals surface area contributed by atoms with Crippen molar-refractivity contribution in [2.45, 2.75) is 45.7 Å². The molecule has 0 saturated carbocycles. The minimum absolute atomic E-state index is 0.182. The summed E-state index contributed by atoms with van der Waals surface area (Å²) in [4.78, 5) is 27.5. The van der Waals surface area contributed by atoms with Gasteiger partial charge in [0.1, 0.15) is 11.8 Å². The monoisotopic (exact) mass is 528 g/mol. The second-order valence-electron chi connectivity index (χ2n) is 7.05. The van der Waals surface area contributed by atoms with Gasteiger partial charge in [0.2, 0.25) is 5.91 Å². The number of rotatable bonds is 11. The summed E-state index contributed by atoms with van der Waals surface area (Å²) < 4.78 is 6.48. The van der Waals surface area contributed by atoms with E-state index in [4.69, 9.17) is 27.9 Å². The topological polar surface area (TPSA) is 58.6 Å². The van der Waals surface area contributed by atoms with Crippen LogP contribution in [0.25, 0.3) is 0 Å². The molecule has 0 spiro atoms. The number of unbranched alkanes of at least 4 members (excludes halogenated alkanes) is 1. The molecule has 1 atom stereocenters. The molecule has 0 aromatic heterocycles. The number of carbonyl (C=O) groups excluding carboxylic acids is 2. The van der Waals surface area contributed by atoms with Crippen molar-refractivity contribution in [3.63, 3.8) is 0 Å². The van der Waals surface area contributed by atoms with Gasteiger partial charge in [-0.05, 0) is 42.7 Å². The van der Waals surface area contributed by atoms with Crippen LogP contribution in [0.2, 0.25) is 10.0 Å². The van der Waals surface area contributed by atoms with Gasteiger partial charge in [-0.15, -0.1) is 0 Å². The van der Waals surface area contributed by atoms with E-state index in [1.165, 1.54) is 4.90 Å². The molecule has 1 N–H and O–H groups in total. The number of hydrogen-bond donors (Lipinski definition) is 1. The van der Waals surface area contributed by atoms with Crippen LogP contribution in [0.3, 0.4) is 0 Å². The number of hydrogen-bond acceptors (Lipinski definition) is 3. The van der Waals surface area contributed by atoms with E-state index in [-0.39, 0.29) is 25.0 Å². The molecule has 5 nitrogen and oxygen atoms in total. The van der Waals surface area contributed by atoms with Crippen molar-refractivity contribution in [2.75, 3.05) is 13.2 Å². The molecular weight excluding hydrogens is 503 g/mol. The Morgan fingerprint density at radius 2 is 1.87 bits per heavy atom. The van der Waals surface area contributed by atoms with Crippen LogP contribution in [0.5, 0.6) is 5.75 Å². The smallest absolute Gasteiger partial charge is 0.261 e. The van der Waals surface area contributed by atoms with Crippen LogP contribution >= 0.6 is 39.1 Å². The highest BCUT2D eigenvalue weighted by molar-refractivity contribution is 9.10. The molecule has 168 valence electrons. The minimum Gasteiger partial charge on any atom is -0.482 e. The van der Waals surface area contributed by atoms with Crippen molar-refractivity contribution in [1.29, 1.82) is 0 Å². The zero-order valence-electron chi connectivity index (χ0n) is 17.7. The van der Waals surface area contributed by atoms with E-state index in [0.717, 1.165) is 22.9 Å². The summed E-state index contributed by atoms with van der Waals surface area (Å²) in [6, 6.07) is 11.8. The van der Waals surface area contributed by atoms with Crippen molar-refractivity contribution < 1.29 is 14.3 Å². The predicted molar refractivity (Wildman–Crippen MR) is 129 cm³/mol. The second-order valence-corrected chi connectivity index (χ2v) is 8.78. The van der Waals surface area contributed by atoms with E-state index in [9.17, 15) is 9.59 Å². The number of benzene rings is 2. The van der Waals surface area contributed by atoms with Gasteiger partial charge in [-0.25, -0.2) is 0 Å². The van der Waals surface area contributed by atoms with Gasteiger partial charge in [0.15, 0.2) is 6.61 Å². The SMILES string of the molecule is CCCCNC(=O)[C@H](CC)N(Cc1ccccc1Cl)C(=O)COc1ccc(Br)cc1Cl. The highest BCUT2D eigenvalue weighted by atomic mass is 79.9. The molecule has 2 aromatic carbocycles. The Kier molecular flexibility index (Phi) is 10.6. The lowest BCUT2D eigenvalue weighted by atomic mass is 10.1. The van der Waals surface area contributed by atoms with Gasteiger partial charge in [0.05, 0.1) is 5.02 Å². The summed E-state index contributed by atoms with van der Waals surface area (Å²) in [6.07, 6.45) is 2.32. The van der Waals surface area contributed by atoms with E-state index < -0.39 is 6.04 Å². The summed E-state index contributed by atoms with van der Waals surface area (Å²) in [5.41, 5.74) is 0.763. The number of halogens is 3. The Balaban J connectivity index is 2.21. The van der Waals surface area contributed by atoms with Gasteiger partial charge in [-0.1, -0.05) is 77.6 Å². The largest absolute Gasteiger partial charge is 0.482 e. The Morgan fingerprint density at radius 3 is 2.52 bits per heavy atom. The fourth-order valence-corrected chi connectivity index (χ4v) is 3.97. The lowest BCUT2D eigenvalue weighted by Crippen LogP contribution is -2.50. The summed E-state index contributed by atoms with van der Waals surface area (Å²) in [6.45, 7) is 4.47. The molecule has 0 fully saturated rings. The molecule has 0 heterocycles. The lowest BCUT2D eigenvalue weighted by molar-refractivity contribution is -0.143. The van der Waals surface area contributed by atoms with Gasteiger partial charge in [-0.3, -0.25) is 9.59 Å². The first-order chi connectivity index (χ1) is 14.9. The Labute approximate surface area is 202 Å². The average Bonchev–Trinajstić information content (AvgIpc) is 2.74. The molecule has 2 amide bonds. The molecule has 0 aliphatic heterocycles. The molecule has 0 radical (unpaired) electrons. The van der Waals surface area contributed by atoms with Crippen LogP contribution in [0.1, 0.15) is 38.7 Å². The first-order valence-electron chi connectivity index (χ1n) is 10.3. The number of nitrogens with zero attached hydrogens (tertiary/aromatic N) is 1. The average molecular weight is 530 g/mol. The Hall–Kier alpha value is -1.76. The number of amides is 2.